The molecule has 0 spiro atoms. The average molecular weight is 368 g/mol. The van der Waals surface area contributed by atoms with Crippen LogP contribution in [0.4, 0.5) is 5.69 Å². The second kappa shape index (κ2) is 7.99. The first-order valence-electron chi connectivity index (χ1n) is 8.85. The molecule has 7 nitrogen and oxygen atoms in total. The standard InChI is InChI=1S/C20H20N2O5/c1-2-27-20(24)15-10-14(11-16(12-15)22(25)26)19(23)21-18-9-5-7-13-6-3-4-8-17(13)18/h3-4,6,8,10-12,18H,2,5,7,9H2,1H3,(H,21,23). The Labute approximate surface area is 156 Å². The molecule has 2 aromatic rings. The third-order valence-corrected chi connectivity index (χ3v) is 4.58. The molecule has 0 aromatic heterocycles. The van der Waals surface area contributed by atoms with E-state index in [1.54, 1.807) is 6.92 Å². The van der Waals surface area contributed by atoms with E-state index in [1.807, 2.05) is 24.3 Å². The zero-order valence-electron chi connectivity index (χ0n) is 14.9. The SMILES string of the molecule is CCOC(=O)c1cc(C(=O)NC2CCCc3ccccc32)cc([N+](=O)[O-])c1. The van der Waals surface area contributed by atoms with Crippen LogP contribution in [0.1, 0.15) is 57.7 Å². The van der Waals surface area contributed by atoms with Gasteiger partial charge in [-0.05, 0) is 43.4 Å². The van der Waals surface area contributed by atoms with Crippen LogP contribution in [0.5, 0.6) is 0 Å². The van der Waals surface area contributed by atoms with Crippen molar-refractivity contribution in [2.75, 3.05) is 6.61 Å². The number of fused-ring (bicyclic) bond motifs is 1. The summed E-state index contributed by atoms with van der Waals surface area (Å²) in [7, 11) is 0. The number of benzene rings is 2. The molecule has 1 aliphatic rings. The summed E-state index contributed by atoms with van der Waals surface area (Å²) in [4.78, 5) is 35.3. The first-order valence-corrected chi connectivity index (χ1v) is 8.85. The highest BCUT2D eigenvalue weighted by atomic mass is 16.6. The molecule has 1 unspecified atom stereocenters. The van der Waals surface area contributed by atoms with Crippen molar-refractivity contribution in [3.63, 3.8) is 0 Å². The van der Waals surface area contributed by atoms with Gasteiger partial charge in [0.15, 0.2) is 0 Å². The van der Waals surface area contributed by atoms with Crippen molar-refractivity contribution >= 4 is 17.6 Å². The fourth-order valence-electron chi connectivity index (χ4n) is 3.33. The van der Waals surface area contributed by atoms with Gasteiger partial charge in [-0.25, -0.2) is 4.79 Å². The first kappa shape index (κ1) is 18.6. The van der Waals surface area contributed by atoms with Crippen LogP contribution < -0.4 is 5.32 Å². The maximum Gasteiger partial charge on any atom is 0.338 e. The number of carbonyl (C=O) groups excluding carboxylic acids is 2. The molecule has 1 amide bonds. The largest absolute Gasteiger partial charge is 0.462 e. The quantitative estimate of drug-likeness (QED) is 0.494. The van der Waals surface area contributed by atoms with Crippen molar-refractivity contribution in [1.82, 2.24) is 5.32 Å². The number of hydrogen-bond acceptors (Lipinski definition) is 5. The van der Waals surface area contributed by atoms with Crippen LogP contribution in [0.15, 0.2) is 42.5 Å². The van der Waals surface area contributed by atoms with E-state index >= 15 is 0 Å². The summed E-state index contributed by atoms with van der Waals surface area (Å²) in [5, 5.41) is 14.1. The highest BCUT2D eigenvalue weighted by molar-refractivity contribution is 5.99. The van der Waals surface area contributed by atoms with Crippen molar-refractivity contribution in [2.24, 2.45) is 0 Å². The van der Waals surface area contributed by atoms with Crippen LogP contribution >= 0.6 is 0 Å². The first-order chi connectivity index (χ1) is 13.0. The number of ether oxygens (including phenoxy) is 1. The van der Waals surface area contributed by atoms with E-state index in [2.05, 4.69) is 5.32 Å². The molecule has 1 N–H and O–H groups in total. The molecule has 1 aliphatic carbocycles. The molecule has 2 aromatic carbocycles. The Hall–Kier alpha value is -3.22. The van der Waals surface area contributed by atoms with E-state index in [-0.39, 0.29) is 29.5 Å². The Balaban J connectivity index is 1.88. The van der Waals surface area contributed by atoms with Crippen LogP contribution in [0.25, 0.3) is 0 Å². The number of amides is 1. The summed E-state index contributed by atoms with van der Waals surface area (Å²) in [5.41, 5.74) is 1.98. The number of aryl methyl sites for hydroxylation is 1. The fourth-order valence-corrected chi connectivity index (χ4v) is 3.33. The van der Waals surface area contributed by atoms with Crippen LogP contribution in [0.3, 0.4) is 0 Å². The molecule has 0 heterocycles. The zero-order chi connectivity index (χ0) is 19.4. The number of carbonyl (C=O) groups is 2. The monoisotopic (exact) mass is 368 g/mol. The van der Waals surface area contributed by atoms with Gasteiger partial charge in [0, 0.05) is 17.7 Å². The Morgan fingerprint density at radius 2 is 1.96 bits per heavy atom. The molecule has 140 valence electrons. The zero-order valence-corrected chi connectivity index (χ0v) is 14.9. The summed E-state index contributed by atoms with van der Waals surface area (Å²) >= 11 is 0. The maximum atomic E-state index is 12.7. The molecular formula is C20H20N2O5. The van der Waals surface area contributed by atoms with Crippen LogP contribution in [0, 0.1) is 10.1 Å². The second-order valence-electron chi connectivity index (χ2n) is 6.36. The molecule has 3 rings (SSSR count). The number of nitrogens with zero attached hydrogens (tertiary/aromatic N) is 1. The van der Waals surface area contributed by atoms with E-state index in [0.717, 1.165) is 30.9 Å². The summed E-state index contributed by atoms with van der Waals surface area (Å²) in [6.45, 7) is 1.78. The molecule has 0 radical (unpaired) electrons. The molecule has 27 heavy (non-hydrogen) atoms. The third-order valence-electron chi connectivity index (χ3n) is 4.58. The topological polar surface area (TPSA) is 98.5 Å². The number of rotatable bonds is 5. The van der Waals surface area contributed by atoms with Gasteiger partial charge in [-0.1, -0.05) is 24.3 Å². The molecule has 1 atom stereocenters. The van der Waals surface area contributed by atoms with Crippen LogP contribution in [-0.2, 0) is 11.2 Å². The van der Waals surface area contributed by atoms with Crippen molar-refractivity contribution in [3.05, 3.63) is 74.8 Å². The van der Waals surface area contributed by atoms with E-state index in [0.29, 0.717) is 0 Å². The van der Waals surface area contributed by atoms with Gasteiger partial charge in [0.25, 0.3) is 11.6 Å². The van der Waals surface area contributed by atoms with E-state index in [1.165, 1.54) is 17.7 Å². The number of nitrogens with one attached hydrogen (secondary N) is 1. The molecule has 0 aliphatic heterocycles. The second-order valence-corrected chi connectivity index (χ2v) is 6.36. The van der Waals surface area contributed by atoms with Gasteiger partial charge >= 0.3 is 5.97 Å². The predicted molar refractivity (Wildman–Crippen MR) is 98.6 cm³/mol. The molecule has 0 bridgehead atoms. The van der Waals surface area contributed by atoms with Crippen molar-refractivity contribution in [2.45, 2.75) is 32.2 Å². The molecule has 0 fully saturated rings. The Bertz CT molecular complexity index is 894. The number of nitro benzene ring substituents is 1. The summed E-state index contributed by atoms with van der Waals surface area (Å²) in [6.07, 6.45) is 2.71. The molecule has 7 heteroatoms. The number of hydrogen-bond donors (Lipinski definition) is 1. The Morgan fingerprint density at radius 3 is 2.70 bits per heavy atom. The van der Waals surface area contributed by atoms with Crippen LogP contribution in [0.2, 0.25) is 0 Å². The smallest absolute Gasteiger partial charge is 0.338 e. The minimum atomic E-state index is -0.696. The number of nitro groups is 1. The summed E-state index contributed by atoms with van der Waals surface area (Å²) < 4.78 is 4.90. The lowest BCUT2D eigenvalue weighted by atomic mass is 9.87. The van der Waals surface area contributed by atoms with E-state index < -0.39 is 16.8 Å². The molecular weight excluding hydrogens is 348 g/mol. The number of non-ortho nitro benzene ring substituents is 1. The van der Waals surface area contributed by atoms with Gasteiger partial charge in [-0.3, -0.25) is 14.9 Å². The highest BCUT2D eigenvalue weighted by Gasteiger charge is 2.24. The minimum absolute atomic E-state index is 0.0137. The van der Waals surface area contributed by atoms with Crippen LogP contribution in [-0.4, -0.2) is 23.4 Å². The highest BCUT2D eigenvalue weighted by Crippen LogP contribution is 2.30. The van der Waals surface area contributed by atoms with E-state index in [4.69, 9.17) is 4.74 Å². The minimum Gasteiger partial charge on any atom is -0.462 e. The van der Waals surface area contributed by atoms with E-state index in [9.17, 15) is 19.7 Å². The lowest BCUT2D eigenvalue weighted by molar-refractivity contribution is -0.384. The van der Waals surface area contributed by atoms with Gasteiger partial charge < -0.3 is 10.1 Å². The van der Waals surface area contributed by atoms with Gasteiger partial charge in [0.1, 0.15) is 0 Å². The van der Waals surface area contributed by atoms with Crippen molar-refractivity contribution in [3.8, 4) is 0 Å². The normalized spacial score (nSPS) is 15.5. The third kappa shape index (κ3) is 4.13. The summed E-state index contributed by atoms with van der Waals surface area (Å²) in [5.74, 6) is -1.15. The average Bonchev–Trinajstić information content (AvgIpc) is 2.68. The van der Waals surface area contributed by atoms with Gasteiger partial charge in [-0.15, -0.1) is 0 Å². The lowest BCUT2D eigenvalue weighted by Crippen LogP contribution is -2.31. The Kier molecular flexibility index (Phi) is 5.49. The van der Waals surface area contributed by atoms with Gasteiger partial charge in [0.05, 0.1) is 23.1 Å². The number of esters is 1. The fraction of sp³-hybridized carbons (Fsp3) is 0.300. The molecule has 0 saturated carbocycles. The predicted octanol–water partition coefficient (Wildman–Crippen LogP) is 3.58. The maximum absolute atomic E-state index is 12.7. The van der Waals surface area contributed by atoms with Crippen molar-refractivity contribution < 1.29 is 19.2 Å². The van der Waals surface area contributed by atoms with Gasteiger partial charge in [-0.2, -0.15) is 0 Å². The van der Waals surface area contributed by atoms with Crippen molar-refractivity contribution in [1.29, 1.82) is 0 Å². The lowest BCUT2D eigenvalue weighted by Gasteiger charge is -2.26. The summed E-state index contributed by atoms with van der Waals surface area (Å²) in [6, 6.07) is 11.4. The Morgan fingerprint density at radius 1 is 1.22 bits per heavy atom. The van der Waals surface area contributed by atoms with Gasteiger partial charge in [0.2, 0.25) is 0 Å². The molecule has 0 saturated heterocycles.